The first kappa shape index (κ1) is 9.75. The third-order valence-corrected chi connectivity index (χ3v) is 2.36. The molecule has 0 aliphatic rings. The van der Waals surface area contributed by atoms with Crippen LogP contribution in [0.2, 0.25) is 0 Å². The highest BCUT2D eigenvalue weighted by Crippen LogP contribution is 2.13. The number of nitriles is 1. The first-order valence-electron chi connectivity index (χ1n) is 5.04. The van der Waals surface area contributed by atoms with Crippen LogP contribution >= 0.6 is 0 Å². The molecule has 0 fully saturated rings. The van der Waals surface area contributed by atoms with Gasteiger partial charge in [-0.05, 0) is 23.1 Å². The molecule has 0 unspecified atom stereocenters. The maximum atomic E-state index is 8.38. The fourth-order valence-electron chi connectivity index (χ4n) is 1.58. The van der Waals surface area contributed by atoms with Gasteiger partial charge in [0.05, 0.1) is 6.07 Å². The average molecular weight is 199 g/mol. The number of rotatable bonds is 4. The molecule has 0 spiro atoms. The Hall–Kier alpha value is -1.79. The summed E-state index contributed by atoms with van der Waals surface area (Å²) in [5, 5.41) is 12.8. The SMILES string of the molecule is N#CCCNCc1ccc2cc[nH]c2c1. The molecule has 0 radical (unpaired) electrons. The molecule has 0 saturated carbocycles. The Balaban J connectivity index is 1.99. The Kier molecular flexibility index (Phi) is 3.01. The highest BCUT2D eigenvalue weighted by atomic mass is 14.8. The van der Waals surface area contributed by atoms with Gasteiger partial charge in [-0.2, -0.15) is 5.26 Å². The molecule has 2 aromatic rings. The van der Waals surface area contributed by atoms with Gasteiger partial charge >= 0.3 is 0 Å². The van der Waals surface area contributed by atoms with Crippen LogP contribution in [0.25, 0.3) is 10.9 Å². The van der Waals surface area contributed by atoms with Gasteiger partial charge in [0.25, 0.3) is 0 Å². The van der Waals surface area contributed by atoms with E-state index in [1.165, 1.54) is 10.9 Å². The van der Waals surface area contributed by atoms with E-state index < -0.39 is 0 Å². The van der Waals surface area contributed by atoms with Crippen LogP contribution < -0.4 is 5.32 Å². The first-order chi connectivity index (χ1) is 7.40. The molecule has 0 amide bonds. The molecule has 3 nitrogen and oxygen atoms in total. The zero-order valence-corrected chi connectivity index (χ0v) is 8.46. The second-order valence-electron chi connectivity index (χ2n) is 3.48. The van der Waals surface area contributed by atoms with Crippen LogP contribution in [0.3, 0.4) is 0 Å². The number of fused-ring (bicyclic) bond motifs is 1. The van der Waals surface area contributed by atoms with Crippen LogP contribution in [0.1, 0.15) is 12.0 Å². The van der Waals surface area contributed by atoms with Crippen molar-refractivity contribution in [2.75, 3.05) is 6.54 Å². The van der Waals surface area contributed by atoms with Gasteiger partial charge in [-0.1, -0.05) is 12.1 Å². The molecule has 2 N–H and O–H groups in total. The number of nitrogens with zero attached hydrogens (tertiary/aromatic N) is 1. The molecule has 15 heavy (non-hydrogen) atoms. The topological polar surface area (TPSA) is 51.6 Å². The highest BCUT2D eigenvalue weighted by Gasteiger charge is 1.96. The second-order valence-corrected chi connectivity index (χ2v) is 3.48. The number of H-pyrrole nitrogens is 1. The molecule has 1 aromatic heterocycles. The minimum Gasteiger partial charge on any atom is -0.361 e. The van der Waals surface area contributed by atoms with Gasteiger partial charge in [-0.3, -0.25) is 0 Å². The maximum absolute atomic E-state index is 8.38. The molecular weight excluding hydrogens is 186 g/mol. The molecule has 0 aliphatic heterocycles. The fraction of sp³-hybridized carbons (Fsp3) is 0.250. The summed E-state index contributed by atoms with van der Waals surface area (Å²) in [5.74, 6) is 0. The quantitative estimate of drug-likeness (QED) is 0.741. The molecule has 76 valence electrons. The minimum absolute atomic E-state index is 0.560. The number of aromatic nitrogens is 1. The highest BCUT2D eigenvalue weighted by molar-refractivity contribution is 5.79. The molecule has 0 bridgehead atoms. The van der Waals surface area contributed by atoms with E-state index in [2.05, 4.69) is 40.6 Å². The largest absolute Gasteiger partial charge is 0.361 e. The summed E-state index contributed by atoms with van der Waals surface area (Å²) in [6.07, 6.45) is 2.50. The smallest absolute Gasteiger partial charge is 0.0635 e. The molecule has 1 heterocycles. The fourth-order valence-corrected chi connectivity index (χ4v) is 1.58. The predicted molar refractivity (Wildman–Crippen MR) is 60.2 cm³/mol. The lowest BCUT2D eigenvalue weighted by atomic mass is 10.1. The van der Waals surface area contributed by atoms with E-state index in [9.17, 15) is 0 Å². The van der Waals surface area contributed by atoms with E-state index in [0.717, 1.165) is 18.6 Å². The summed E-state index contributed by atoms with van der Waals surface area (Å²) in [5.41, 5.74) is 2.40. The first-order valence-corrected chi connectivity index (χ1v) is 5.04. The van der Waals surface area contributed by atoms with Gasteiger partial charge < -0.3 is 10.3 Å². The Morgan fingerprint density at radius 1 is 1.33 bits per heavy atom. The van der Waals surface area contributed by atoms with Gasteiger partial charge in [0, 0.05) is 31.2 Å². The number of benzene rings is 1. The van der Waals surface area contributed by atoms with Crippen molar-refractivity contribution in [1.29, 1.82) is 5.26 Å². The van der Waals surface area contributed by atoms with Crippen molar-refractivity contribution >= 4 is 10.9 Å². The van der Waals surface area contributed by atoms with Gasteiger partial charge in [0.15, 0.2) is 0 Å². The Bertz CT molecular complexity index is 479. The van der Waals surface area contributed by atoms with Crippen LogP contribution in [0.5, 0.6) is 0 Å². The number of nitrogens with one attached hydrogen (secondary N) is 2. The summed E-state index contributed by atoms with van der Waals surface area (Å²) in [6.45, 7) is 1.57. The zero-order chi connectivity index (χ0) is 10.5. The van der Waals surface area contributed by atoms with E-state index in [-0.39, 0.29) is 0 Å². The predicted octanol–water partition coefficient (Wildman–Crippen LogP) is 2.17. The Morgan fingerprint density at radius 3 is 3.13 bits per heavy atom. The lowest BCUT2D eigenvalue weighted by Crippen LogP contribution is -2.13. The molecule has 0 aliphatic carbocycles. The van der Waals surface area contributed by atoms with Crippen LogP contribution in [0.4, 0.5) is 0 Å². The van der Waals surface area contributed by atoms with Gasteiger partial charge in [0.1, 0.15) is 0 Å². The van der Waals surface area contributed by atoms with Crippen molar-refractivity contribution in [3.05, 3.63) is 36.0 Å². The summed E-state index contributed by atoms with van der Waals surface area (Å²) in [7, 11) is 0. The third kappa shape index (κ3) is 2.36. The Morgan fingerprint density at radius 2 is 2.27 bits per heavy atom. The molecule has 3 heteroatoms. The van der Waals surface area contributed by atoms with E-state index in [1.54, 1.807) is 0 Å². The van der Waals surface area contributed by atoms with Gasteiger partial charge in [0.2, 0.25) is 0 Å². The number of hydrogen-bond donors (Lipinski definition) is 2. The average Bonchev–Trinajstić information content (AvgIpc) is 2.71. The van der Waals surface area contributed by atoms with Crippen molar-refractivity contribution in [1.82, 2.24) is 10.3 Å². The minimum atomic E-state index is 0.560. The monoisotopic (exact) mass is 199 g/mol. The molecule has 0 saturated heterocycles. The number of hydrogen-bond acceptors (Lipinski definition) is 2. The van der Waals surface area contributed by atoms with Crippen LogP contribution in [0.15, 0.2) is 30.5 Å². The summed E-state index contributed by atoms with van der Waals surface area (Å²) < 4.78 is 0. The molecule has 2 rings (SSSR count). The van der Waals surface area contributed by atoms with Crippen LogP contribution in [-0.2, 0) is 6.54 Å². The summed E-state index contributed by atoms with van der Waals surface area (Å²) in [6, 6.07) is 10.5. The van der Waals surface area contributed by atoms with Gasteiger partial charge in [-0.15, -0.1) is 0 Å². The van der Waals surface area contributed by atoms with Gasteiger partial charge in [-0.25, -0.2) is 0 Å². The van der Waals surface area contributed by atoms with E-state index in [0.29, 0.717) is 6.42 Å². The lowest BCUT2D eigenvalue weighted by Gasteiger charge is -2.02. The van der Waals surface area contributed by atoms with Crippen molar-refractivity contribution in [3.63, 3.8) is 0 Å². The molecular formula is C12H13N3. The Labute approximate surface area is 88.7 Å². The van der Waals surface area contributed by atoms with E-state index in [4.69, 9.17) is 5.26 Å². The number of aromatic amines is 1. The zero-order valence-electron chi connectivity index (χ0n) is 8.46. The van der Waals surface area contributed by atoms with Crippen LogP contribution in [0, 0.1) is 11.3 Å². The molecule has 0 atom stereocenters. The van der Waals surface area contributed by atoms with Crippen LogP contribution in [-0.4, -0.2) is 11.5 Å². The maximum Gasteiger partial charge on any atom is 0.0635 e. The van der Waals surface area contributed by atoms with Crippen molar-refractivity contribution in [3.8, 4) is 6.07 Å². The standard InChI is InChI=1S/C12H13N3/c13-5-1-6-14-9-10-2-3-11-4-7-15-12(11)8-10/h2-4,7-8,14-15H,1,6,9H2. The lowest BCUT2D eigenvalue weighted by molar-refractivity contribution is 0.699. The second kappa shape index (κ2) is 4.63. The molecule has 1 aromatic carbocycles. The summed E-state index contributed by atoms with van der Waals surface area (Å²) in [4.78, 5) is 3.18. The third-order valence-electron chi connectivity index (χ3n) is 2.36. The summed E-state index contributed by atoms with van der Waals surface area (Å²) >= 11 is 0. The van der Waals surface area contributed by atoms with Crippen molar-refractivity contribution < 1.29 is 0 Å². The van der Waals surface area contributed by atoms with Crippen molar-refractivity contribution in [2.24, 2.45) is 0 Å². The normalized spacial score (nSPS) is 10.3. The van der Waals surface area contributed by atoms with E-state index >= 15 is 0 Å². The van der Waals surface area contributed by atoms with E-state index in [1.807, 2.05) is 6.20 Å². The van der Waals surface area contributed by atoms with Crippen molar-refractivity contribution in [2.45, 2.75) is 13.0 Å².